The number of amides is 1. The molecular formula is C14H19FN2O3. The lowest BCUT2D eigenvalue weighted by Crippen LogP contribution is -2.44. The molecule has 0 aliphatic rings. The molecule has 1 aromatic carbocycles. The molecule has 0 atom stereocenters. The maximum atomic E-state index is 13.5. The topological polar surface area (TPSA) is 81.4 Å². The molecule has 0 heterocycles. The molecule has 20 heavy (non-hydrogen) atoms. The van der Waals surface area contributed by atoms with E-state index >= 15 is 0 Å². The number of anilines is 1. The van der Waals surface area contributed by atoms with E-state index in [4.69, 9.17) is 10.5 Å². The number of carbonyl (C=O) groups excluding carboxylic acids is 2. The van der Waals surface area contributed by atoms with Gasteiger partial charge in [0.25, 0.3) is 5.91 Å². The number of hydrogen-bond donors (Lipinski definition) is 2. The molecule has 1 amide bonds. The molecule has 0 aliphatic heterocycles. The van der Waals surface area contributed by atoms with E-state index in [1.165, 1.54) is 12.1 Å². The third kappa shape index (κ3) is 4.53. The van der Waals surface area contributed by atoms with Crippen LogP contribution in [-0.4, -0.2) is 24.0 Å². The second-order valence-corrected chi connectivity index (χ2v) is 5.10. The van der Waals surface area contributed by atoms with E-state index in [0.717, 1.165) is 12.5 Å². The summed E-state index contributed by atoms with van der Waals surface area (Å²) in [7, 11) is 0. The Morgan fingerprint density at radius 3 is 2.60 bits per heavy atom. The molecule has 0 aliphatic carbocycles. The average Bonchev–Trinajstić information content (AvgIpc) is 2.35. The minimum absolute atomic E-state index is 0.210. The smallest absolute Gasteiger partial charge is 0.341 e. The molecule has 1 aromatic rings. The van der Waals surface area contributed by atoms with E-state index in [2.05, 4.69) is 5.32 Å². The van der Waals surface area contributed by atoms with Crippen LogP contribution in [0.25, 0.3) is 0 Å². The molecule has 0 radical (unpaired) electrons. The van der Waals surface area contributed by atoms with Gasteiger partial charge in [0.15, 0.2) is 6.61 Å². The number of nitrogen functional groups attached to an aromatic ring is 1. The largest absolute Gasteiger partial charge is 0.452 e. The van der Waals surface area contributed by atoms with Crippen LogP contribution in [0.4, 0.5) is 10.1 Å². The van der Waals surface area contributed by atoms with Gasteiger partial charge in [-0.05, 0) is 38.5 Å². The number of nitrogens with one attached hydrogen (secondary N) is 1. The average molecular weight is 282 g/mol. The zero-order valence-corrected chi connectivity index (χ0v) is 11.8. The van der Waals surface area contributed by atoms with E-state index in [1.807, 2.05) is 20.8 Å². The summed E-state index contributed by atoms with van der Waals surface area (Å²) in [5.74, 6) is -2.10. The van der Waals surface area contributed by atoms with Crippen molar-refractivity contribution in [2.45, 2.75) is 32.7 Å². The Bertz CT molecular complexity index is 515. The lowest BCUT2D eigenvalue weighted by molar-refractivity contribution is -0.125. The molecule has 0 saturated heterocycles. The summed E-state index contributed by atoms with van der Waals surface area (Å²) in [6.07, 6.45) is 0.735. The Labute approximate surface area is 117 Å². The van der Waals surface area contributed by atoms with Crippen LogP contribution in [-0.2, 0) is 9.53 Å². The Morgan fingerprint density at radius 1 is 1.40 bits per heavy atom. The SMILES string of the molecule is CCC(C)(C)NC(=O)COC(=O)c1ccc(N)cc1F. The molecule has 0 saturated carbocycles. The molecule has 110 valence electrons. The highest BCUT2D eigenvalue weighted by Gasteiger charge is 2.20. The number of esters is 1. The molecule has 5 nitrogen and oxygen atoms in total. The summed E-state index contributed by atoms with van der Waals surface area (Å²) in [4.78, 5) is 23.2. The van der Waals surface area contributed by atoms with E-state index in [0.29, 0.717) is 0 Å². The lowest BCUT2D eigenvalue weighted by atomic mass is 10.0. The van der Waals surface area contributed by atoms with E-state index in [-0.39, 0.29) is 16.8 Å². The van der Waals surface area contributed by atoms with E-state index in [9.17, 15) is 14.0 Å². The second-order valence-electron chi connectivity index (χ2n) is 5.10. The summed E-state index contributed by atoms with van der Waals surface area (Å²) < 4.78 is 18.2. The van der Waals surface area contributed by atoms with Crippen molar-refractivity contribution in [2.75, 3.05) is 12.3 Å². The monoisotopic (exact) mass is 282 g/mol. The third-order valence-electron chi connectivity index (χ3n) is 2.91. The van der Waals surface area contributed by atoms with Gasteiger partial charge in [-0.2, -0.15) is 0 Å². The van der Waals surface area contributed by atoms with Crippen molar-refractivity contribution in [1.82, 2.24) is 5.32 Å². The maximum absolute atomic E-state index is 13.5. The Hall–Kier alpha value is -2.11. The molecule has 0 aromatic heterocycles. The van der Waals surface area contributed by atoms with Crippen molar-refractivity contribution >= 4 is 17.6 Å². The van der Waals surface area contributed by atoms with Gasteiger partial charge in [0, 0.05) is 11.2 Å². The normalized spacial score (nSPS) is 11.0. The predicted octanol–water partition coefficient (Wildman–Crippen LogP) is 1.87. The first-order valence-corrected chi connectivity index (χ1v) is 6.28. The third-order valence-corrected chi connectivity index (χ3v) is 2.91. The van der Waals surface area contributed by atoms with Gasteiger partial charge in [0.2, 0.25) is 0 Å². The van der Waals surface area contributed by atoms with Gasteiger partial charge in [-0.25, -0.2) is 9.18 Å². The summed E-state index contributed by atoms with van der Waals surface area (Å²) in [6, 6.07) is 3.64. The predicted molar refractivity (Wildman–Crippen MR) is 73.6 cm³/mol. The minimum atomic E-state index is -0.896. The second kappa shape index (κ2) is 6.36. The number of nitrogens with two attached hydrogens (primary N) is 1. The van der Waals surface area contributed by atoms with Crippen LogP contribution in [0.3, 0.4) is 0 Å². The number of carbonyl (C=O) groups is 2. The van der Waals surface area contributed by atoms with Gasteiger partial charge < -0.3 is 15.8 Å². The summed E-state index contributed by atoms with van der Waals surface area (Å²) in [5, 5.41) is 2.71. The summed E-state index contributed by atoms with van der Waals surface area (Å²) >= 11 is 0. The number of ether oxygens (including phenoxy) is 1. The number of halogens is 1. The molecule has 0 fully saturated rings. The fourth-order valence-corrected chi connectivity index (χ4v) is 1.41. The Morgan fingerprint density at radius 2 is 2.05 bits per heavy atom. The number of rotatable bonds is 5. The summed E-state index contributed by atoms with van der Waals surface area (Å²) in [5.41, 5.74) is 4.96. The minimum Gasteiger partial charge on any atom is -0.452 e. The van der Waals surface area contributed by atoms with Crippen LogP contribution >= 0.6 is 0 Å². The highest BCUT2D eigenvalue weighted by atomic mass is 19.1. The van der Waals surface area contributed by atoms with Crippen molar-refractivity contribution in [1.29, 1.82) is 0 Å². The zero-order chi connectivity index (χ0) is 15.3. The molecule has 6 heteroatoms. The van der Waals surface area contributed by atoms with Crippen molar-refractivity contribution in [3.05, 3.63) is 29.6 Å². The van der Waals surface area contributed by atoms with Gasteiger partial charge in [-0.1, -0.05) is 6.92 Å². The fraction of sp³-hybridized carbons (Fsp3) is 0.429. The quantitative estimate of drug-likeness (QED) is 0.638. The van der Waals surface area contributed by atoms with Gasteiger partial charge >= 0.3 is 5.97 Å². The molecule has 0 bridgehead atoms. The molecule has 0 spiro atoms. The van der Waals surface area contributed by atoms with Gasteiger partial charge in [-0.3, -0.25) is 4.79 Å². The Kier molecular flexibility index (Phi) is 5.07. The van der Waals surface area contributed by atoms with E-state index in [1.54, 1.807) is 0 Å². The number of benzene rings is 1. The first-order valence-electron chi connectivity index (χ1n) is 6.28. The fourth-order valence-electron chi connectivity index (χ4n) is 1.41. The molecule has 1 rings (SSSR count). The highest BCUT2D eigenvalue weighted by Crippen LogP contribution is 2.13. The van der Waals surface area contributed by atoms with Gasteiger partial charge in [-0.15, -0.1) is 0 Å². The zero-order valence-electron chi connectivity index (χ0n) is 11.8. The van der Waals surface area contributed by atoms with Crippen LogP contribution in [0.2, 0.25) is 0 Å². The molecule has 0 unspecified atom stereocenters. The first-order chi connectivity index (χ1) is 9.25. The van der Waals surface area contributed by atoms with Crippen LogP contribution < -0.4 is 11.1 Å². The van der Waals surface area contributed by atoms with Crippen LogP contribution in [0.1, 0.15) is 37.6 Å². The van der Waals surface area contributed by atoms with Crippen molar-refractivity contribution in [2.24, 2.45) is 0 Å². The van der Waals surface area contributed by atoms with Crippen molar-refractivity contribution < 1.29 is 18.7 Å². The summed E-state index contributed by atoms with van der Waals surface area (Å²) in [6.45, 7) is 5.18. The van der Waals surface area contributed by atoms with Crippen LogP contribution in [0, 0.1) is 5.82 Å². The first kappa shape index (κ1) is 15.9. The highest BCUT2D eigenvalue weighted by molar-refractivity contribution is 5.92. The standard InChI is InChI=1S/C14H19FN2O3/c1-4-14(2,3)17-12(18)8-20-13(19)10-6-5-9(16)7-11(10)15/h5-7H,4,8,16H2,1-3H3,(H,17,18). The van der Waals surface area contributed by atoms with Crippen molar-refractivity contribution in [3.63, 3.8) is 0 Å². The Balaban J connectivity index is 2.57. The van der Waals surface area contributed by atoms with Gasteiger partial charge in [0.05, 0.1) is 5.56 Å². The van der Waals surface area contributed by atoms with Crippen LogP contribution in [0.15, 0.2) is 18.2 Å². The number of hydrogen-bond acceptors (Lipinski definition) is 4. The maximum Gasteiger partial charge on any atom is 0.341 e. The van der Waals surface area contributed by atoms with Crippen molar-refractivity contribution in [3.8, 4) is 0 Å². The molecule has 3 N–H and O–H groups in total. The molecular weight excluding hydrogens is 263 g/mol. The van der Waals surface area contributed by atoms with Gasteiger partial charge in [0.1, 0.15) is 5.82 Å². The van der Waals surface area contributed by atoms with E-state index < -0.39 is 24.3 Å². The van der Waals surface area contributed by atoms with Crippen LogP contribution in [0.5, 0.6) is 0 Å². The lowest BCUT2D eigenvalue weighted by Gasteiger charge is -2.24.